The van der Waals surface area contributed by atoms with Gasteiger partial charge in [-0.1, -0.05) is 146 Å². The second-order valence-electron chi connectivity index (χ2n) is 10.1. The van der Waals surface area contributed by atoms with E-state index in [1.165, 1.54) is 39.0 Å². The van der Waals surface area contributed by atoms with Crippen LogP contribution < -0.4 is 4.74 Å². The Hall–Kier alpha value is -4.66. The van der Waals surface area contributed by atoms with Crippen molar-refractivity contribution in [3.63, 3.8) is 0 Å². The maximum Gasteiger partial charge on any atom is 0.118 e. The quantitative estimate of drug-likeness (QED) is 0.167. The van der Waals surface area contributed by atoms with Crippen molar-refractivity contribution in [1.29, 1.82) is 0 Å². The Balaban J connectivity index is 1.53. The molecule has 0 aliphatic carbocycles. The van der Waals surface area contributed by atoms with Gasteiger partial charge in [-0.2, -0.15) is 0 Å². The Morgan fingerprint density at radius 3 is 1.20 bits per heavy atom. The van der Waals surface area contributed by atoms with Gasteiger partial charge in [0.1, 0.15) is 5.75 Å². The maximum absolute atomic E-state index is 5.43. The van der Waals surface area contributed by atoms with Gasteiger partial charge in [-0.25, -0.2) is 0 Å². The molecular formula is C39H37NO. The Morgan fingerprint density at radius 1 is 0.537 bits per heavy atom. The summed E-state index contributed by atoms with van der Waals surface area (Å²) >= 11 is 0. The fourth-order valence-electron chi connectivity index (χ4n) is 5.18. The van der Waals surface area contributed by atoms with Crippen LogP contribution in [0.3, 0.4) is 0 Å². The molecule has 0 aliphatic rings. The SMILES string of the molecule is COc1ccc(C(C)N(CC=C(c2ccccc2)c2ccccc2)CC=C(c2ccccc2)c2ccccc2)cc1. The minimum absolute atomic E-state index is 0.189. The highest BCUT2D eigenvalue weighted by molar-refractivity contribution is 5.80. The second kappa shape index (κ2) is 14.1. The van der Waals surface area contributed by atoms with Crippen molar-refractivity contribution in [3.05, 3.63) is 186 Å². The van der Waals surface area contributed by atoms with Crippen LogP contribution in [0.2, 0.25) is 0 Å². The number of methoxy groups -OCH3 is 1. The van der Waals surface area contributed by atoms with E-state index in [0.29, 0.717) is 0 Å². The molecule has 0 radical (unpaired) electrons. The number of ether oxygens (including phenoxy) is 1. The third kappa shape index (κ3) is 7.30. The third-order valence-electron chi connectivity index (χ3n) is 7.54. The summed E-state index contributed by atoms with van der Waals surface area (Å²) in [7, 11) is 1.71. The number of nitrogens with zero attached hydrogens (tertiary/aromatic N) is 1. The molecular weight excluding hydrogens is 498 g/mol. The summed E-state index contributed by atoms with van der Waals surface area (Å²) in [5.74, 6) is 0.873. The summed E-state index contributed by atoms with van der Waals surface area (Å²) in [4.78, 5) is 2.53. The van der Waals surface area contributed by atoms with Gasteiger partial charge in [-0.05, 0) is 58.0 Å². The zero-order valence-corrected chi connectivity index (χ0v) is 23.9. The molecule has 0 fully saturated rings. The van der Waals surface area contributed by atoms with Crippen LogP contribution in [-0.2, 0) is 0 Å². The fourth-order valence-corrected chi connectivity index (χ4v) is 5.18. The molecule has 0 bridgehead atoms. The molecule has 41 heavy (non-hydrogen) atoms. The van der Waals surface area contributed by atoms with Crippen LogP contribution in [0, 0.1) is 0 Å². The molecule has 0 heterocycles. The molecule has 0 N–H and O–H groups in total. The lowest BCUT2D eigenvalue weighted by molar-refractivity contribution is 0.260. The lowest BCUT2D eigenvalue weighted by Crippen LogP contribution is -2.28. The van der Waals surface area contributed by atoms with Gasteiger partial charge in [0.15, 0.2) is 0 Å². The molecule has 2 heteroatoms. The fraction of sp³-hybridized carbons (Fsp3) is 0.128. The van der Waals surface area contributed by atoms with Crippen LogP contribution in [0.5, 0.6) is 5.75 Å². The molecule has 1 atom stereocenters. The lowest BCUT2D eigenvalue weighted by Gasteiger charge is -2.28. The Labute approximate surface area is 244 Å². The Kier molecular flexibility index (Phi) is 9.60. The highest BCUT2D eigenvalue weighted by atomic mass is 16.5. The van der Waals surface area contributed by atoms with E-state index in [9.17, 15) is 0 Å². The van der Waals surface area contributed by atoms with Gasteiger partial charge in [0.05, 0.1) is 7.11 Å². The molecule has 0 aromatic heterocycles. The number of hydrogen-bond acceptors (Lipinski definition) is 2. The second-order valence-corrected chi connectivity index (χ2v) is 10.1. The zero-order chi connectivity index (χ0) is 28.3. The minimum atomic E-state index is 0.189. The van der Waals surface area contributed by atoms with Crippen molar-refractivity contribution in [2.24, 2.45) is 0 Å². The van der Waals surface area contributed by atoms with E-state index in [1.807, 2.05) is 0 Å². The molecule has 5 aromatic carbocycles. The van der Waals surface area contributed by atoms with E-state index >= 15 is 0 Å². The van der Waals surface area contributed by atoms with Gasteiger partial charge < -0.3 is 4.74 Å². The standard InChI is InChI=1S/C39H37NO/c1-31(32-23-25-37(41-2)26-24-32)40(29-27-38(33-15-7-3-8-16-33)34-17-9-4-10-18-34)30-28-39(35-19-11-5-12-20-35)36-21-13-6-14-22-36/h3-28,31H,29-30H2,1-2H3. The van der Waals surface area contributed by atoms with Gasteiger partial charge in [-0.3, -0.25) is 4.90 Å². The van der Waals surface area contributed by atoms with Crippen LogP contribution >= 0.6 is 0 Å². The summed E-state index contributed by atoms with van der Waals surface area (Å²) in [5.41, 5.74) is 8.64. The summed E-state index contributed by atoms with van der Waals surface area (Å²) in [6.07, 6.45) is 4.76. The lowest BCUT2D eigenvalue weighted by atomic mass is 9.96. The van der Waals surface area contributed by atoms with E-state index in [2.05, 4.69) is 170 Å². The first-order chi connectivity index (χ1) is 20.2. The molecule has 0 amide bonds. The molecule has 0 aliphatic heterocycles. The summed E-state index contributed by atoms with van der Waals surface area (Å²) in [6, 6.07) is 51.4. The third-order valence-corrected chi connectivity index (χ3v) is 7.54. The van der Waals surface area contributed by atoms with Crippen LogP contribution in [0.25, 0.3) is 11.1 Å². The first-order valence-corrected chi connectivity index (χ1v) is 14.2. The van der Waals surface area contributed by atoms with Gasteiger partial charge in [0, 0.05) is 19.1 Å². The van der Waals surface area contributed by atoms with Crippen LogP contribution in [0.1, 0.15) is 40.8 Å². The van der Waals surface area contributed by atoms with E-state index in [-0.39, 0.29) is 6.04 Å². The van der Waals surface area contributed by atoms with Gasteiger partial charge in [0.2, 0.25) is 0 Å². The van der Waals surface area contributed by atoms with Gasteiger partial charge >= 0.3 is 0 Å². The topological polar surface area (TPSA) is 12.5 Å². The molecule has 0 saturated heterocycles. The van der Waals surface area contributed by atoms with Crippen LogP contribution in [0.15, 0.2) is 158 Å². The number of rotatable bonds is 11. The maximum atomic E-state index is 5.43. The normalized spacial score (nSPS) is 11.5. The van der Waals surface area contributed by atoms with Gasteiger partial charge in [-0.15, -0.1) is 0 Å². The summed E-state index contributed by atoms with van der Waals surface area (Å²) < 4.78 is 5.43. The largest absolute Gasteiger partial charge is 0.497 e. The zero-order valence-electron chi connectivity index (χ0n) is 23.9. The predicted molar refractivity (Wildman–Crippen MR) is 173 cm³/mol. The highest BCUT2D eigenvalue weighted by Gasteiger charge is 2.16. The molecule has 1 unspecified atom stereocenters. The number of benzene rings is 5. The van der Waals surface area contributed by atoms with Crippen molar-refractivity contribution in [2.45, 2.75) is 13.0 Å². The highest BCUT2D eigenvalue weighted by Crippen LogP contribution is 2.28. The van der Waals surface area contributed by atoms with Crippen LogP contribution in [0.4, 0.5) is 0 Å². The smallest absolute Gasteiger partial charge is 0.118 e. The molecule has 5 aromatic rings. The molecule has 2 nitrogen and oxygen atoms in total. The van der Waals surface area contributed by atoms with E-state index in [0.717, 1.165) is 18.8 Å². The first-order valence-electron chi connectivity index (χ1n) is 14.2. The average Bonchev–Trinajstić information content (AvgIpc) is 3.05. The predicted octanol–water partition coefficient (Wildman–Crippen LogP) is 9.32. The van der Waals surface area contributed by atoms with Crippen LogP contribution in [-0.4, -0.2) is 25.1 Å². The summed E-state index contributed by atoms with van der Waals surface area (Å²) in [5, 5.41) is 0. The van der Waals surface area contributed by atoms with E-state index in [1.54, 1.807) is 7.11 Å². The minimum Gasteiger partial charge on any atom is -0.497 e. The molecule has 5 rings (SSSR count). The first kappa shape index (κ1) is 27.9. The average molecular weight is 536 g/mol. The number of hydrogen-bond donors (Lipinski definition) is 0. The van der Waals surface area contributed by atoms with Crippen molar-refractivity contribution in [2.75, 3.05) is 20.2 Å². The van der Waals surface area contributed by atoms with Crippen molar-refractivity contribution < 1.29 is 4.74 Å². The molecule has 204 valence electrons. The Morgan fingerprint density at radius 2 is 0.878 bits per heavy atom. The van der Waals surface area contributed by atoms with Crippen molar-refractivity contribution >= 4 is 11.1 Å². The monoisotopic (exact) mass is 535 g/mol. The van der Waals surface area contributed by atoms with E-state index < -0.39 is 0 Å². The van der Waals surface area contributed by atoms with Crippen molar-refractivity contribution in [3.8, 4) is 5.75 Å². The Bertz CT molecular complexity index is 1360. The molecule has 0 saturated carbocycles. The van der Waals surface area contributed by atoms with Gasteiger partial charge in [0.25, 0.3) is 0 Å². The van der Waals surface area contributed by atoms with E-state index in [4.69, 9.17) is 4.74 Å². The molecule has 0 spiro atoms. The summed E-state index contributed by atoms with van der Waals surface area (Å²) in [6.45, 7) is 3.87. The van der Waals surface area contributed by atoms with Crippen molar-refractivity contribution in [1.82, 2.24) is 4.90 Å².